The van der Waals surface area contributed by atoms with E-state index in [0.29, 0.717) is 23.6 Å². The summed E-state index contributed by atoms with van der Waals surface area (Å²) < 4.78 is 25.4. The summed E-state index contributed by atoms with van der Waals surface area (Å²) in [6.07, 6.45) is -1.08. The van der Waals surface area contributed by atoms with Crippen LogP contribution in [0.5, 0.6) is 11.5 Å². The second-order valence-electron chi connectivity index (χ2n) is 5.66. The topological polar surface area (TPSA) is 21.7 Å². The monoisotopic (exact) mass is 301 g/mol. The first-order valence-electron chi connectivity index (χ1n) is 7.43. The molecule has 0 bridgehead atoms. The van der Waals surface area contributed by atoms with E-state index >= 15 is 0 Å². The minimum Gasteiger partial charge on any atom is -0.454 e. The van der Waals surface area contributed by atoms with Crippen LogP contribution in [-0.4, -0.2) is 24.8 Å². The maximum atomic E-state index is 14.8. The second-order valence-corrected chi connectivity index (χ2v) is 5.66. The van der Waals surface area contributed by atoms with E-state index in [1.54, 1.807) is 18.2 Å². The molecule has 0 fully saturated rings. The van der Waals surface area contributed by atoms with Gasteiger partial charge in [-0.05, 0) is 37.2 Å². The summed E-state index contributed by atoms with van der Waals surface area (Å²) in [6, 6.07) is 15.1. The number of alkyl halides is 1. The molecule has 0 saturated carbocycles. The van der Waals surface area contributed by atoms with Gasteiger partial charge >= 0.3 is 0 Å². The molecule has 2 atom stereocenters. The molecular formula is C18H20FNO2. The molecule has 1 aliphatic heterocycles. The van der Waals surface area contributed by atoms with Gasteiger partial charge in [-0.1, -0.05) is 36.4 Å². The lowest BCUT2D eigenvalue weighted by Crippen LogP contribution is -2.32. The number of ether oxygens (including phenoxy) is 2. The van der Waals surface area contributed by atoms with Gasteiger partial charge in [-0.2, -0.15) is 0 Å². The maximum absolute atomic E-state index is 14.8. The summed E-state index contributed by atoms with van der Waals surface area (Å²) in [6.45, 7) is 2.82. The maximum Gasteiger partial charge on any atom is 0.231 e. The van der Waals surface area contributed by atoms with Gasteiger partial charge < -0.3 is 9.47 Å². The van der Waals surface area contributed by atoms with E-state index in [2.05, 4.69) is 12.1 Å². The molecule has 22 heavy (non-hydrogen) atoms. The van der Waals surface area contributed by atoms with Crippen molar-refractivity contribution in [2.45, 2.75) is 25.7 Å². The molecule has 4 heteroatoms. The lowest BCUT2D eigenvalue weighted by Gasteiger charge is -2.28. The Balaban J connectivity index is 1.69. The van der Waals surface area contributed by atoms with Crippen molar-refractivity contribution in [1.82, 2.24) is 4.90 Å². The molecule has 0 spiro atoms. The highest BCUT2D eigenvalue weighted by atomic mass is 19.1. The molecule has 3 nitrogen and oxygen atoms in total. The molecular weight excluding hydrogens is 281 g/mol. The SMILES string of the molecule is C[C@H]([C@H](F)c1ccc2c(c1)OCO2)N(C)Cc1ccccc1. The standard InChI is InChI=1S/C18H20FNO2/c1-13(20(2)11-14-6-4-3-5-7-14)18(19)15-8-9-16-17(10-15)22-12-21-16/h3-10,13,18H,11-12H2,1-2H3/t13-,18+/m1/s1. The van der Waals surface area contributed by atoms with E-state index in [4.69, 9.17) is 9.47 Å². The third kappa shape index (κ3) is 3.07. The summed E-state index contributed by atoms with van der Waals surface area (Å²) in [5.41, 5.74) is 1.80. The molecule has 3 rings (SSSR count). The number of hydrogen-bond donors (Lipinski definition) is 0. The average molecular weight is 301 g/mol. The Kier molecular flexibility index (Phi) is 4.29. The van der Waals surface area contributed by atoms with Gasteiger partial charge in [0.2, 0.25) is 6.79 Å². The smallest absolute Gasteiger partial charge is 0.231 e. The number of halogens is 1. The largest absolute Gasteiger partial charge is 0.454 e. The number of fused-ring (bicyclic) bond motifs is 1. The van der Waals surface area contributed by atoms with Crippen molar-refractivity contribution in [2.24, 2.45) is 0 Å². The zero-order valence-corrected chi connectivity index (χ0v) is 12.8. The van der Waals surface area contributed by atoms with E-state index < -0.39 is 6.17 Å². The van der Waals surface area contributed by atoms with Gasteiger partial charge in [0.15, 0.2) is 11.5 Å². The number of benzene rings is 2. The van der Waals surface area contributed by atoms with Crippen LogP contribution in [0.3, 0.4) is 0 Å². The number of hydrogen-bond acceptors (Lipinski definition) is 3. The van der Waals surface area contributed by atoms with Crippen LogP contribution in [0.1, 0.15) is 24.2 Å². The van der Waals surface area contributed by atoms with Crippen LogP contribution in [0.2, 0.25) is 0 Å². The molecule has 1 heterocycles. The van der Waals surface area contributed by atoms with Crippen LogP contribution in [0.4, 0.5) is 4.39 Å². The lowest BCUT2D eigenvalue weighted by atomic mass is 10.0. The number of rotatable bonds is 5. The number of nitrogens with zero attached hydrogens (tertiary/aromatic N) is 1. The lowest BCUT2D eigenvalue weighted by molar-refractivity contribution is 0.142. The van der Waals surface area contributed by atoms with Crippen molar-refractivity contribution in [1.29, 1.82) is 0 Å². The Morgan fingerprint density at radius 1 is 1.09 bits per heavy atom. The summed E-state index contributed by atoms with van der Waals surface area (Å²) in [7, 11) is 1.94. The van der Waals surface area contributed by atoms with Gasteiger partial charge in [-0.15, -0.1) is 0 Å². The highest BCUT2D eigenvalue weighted by molar-refractivity contribution is 5.45. The molecule has 0 aliphatic carbocycles. The van der Waals surface area contributed by atoms with Crippen LogP contribution in [0, 0.1) is 0 Å². The van der Waals surface area contributed by atoms with Crippen molar-refractivity contribution in [3.8, 4) is 11.5 Å². The van der Waals surface area contributed by atoms with Gasteiger partial charge in [0.25, 0.3) is 0 Å². The Bertz CT molecular complexity index is 632. The average Bonchev–Trinajstić information content (AvgIpc) is 3.02. The molecule has 116 valence electrons. The molecule has 1 aliphatic rings. The molecule has 0 amide bonds. The fourth-order valence-corrected chi connectivity index (χ4v) is 2.60. The van der Waals surface area contributed by atoms with Crippen LogP contribution in [-0.2, 0) is 6.54 Å². The Hall–Kier alpha value is -2.07. The second kappa shape index (κ2) is 6.36. The normalized spacial score (nSPS) is 15.8. The van der Waals surface area contributed by atoms with Gasteiger partial charge in [0, 0.05) is 12.6 Å². The van der Waals surface area contributed by atoms with E-state index in [9.17, 15) is 4.39 Å². The molecule has 0 saturated heterocycles. The zero-order valence-electron chi connectivity index (χ0n) is 12.8. The first kappa shape index (κ1) is 14.9. The van der Waals surface area contributed by atoms with Crippen LogP contribution >= 0.6 is 0 Å². The third-order valence-electron chi connectivity index (χ3n) is 4.11. The Morgan fingerprint density at radius 2 is 1.82 bits per heavy atom. The zero-order chi connectivity index (χ0) is 15.5. The van der Waals surface area contributed by atoms with E-state index in [0.717, 1.165) is 0 Å². The fourth-order valence-electron chi connectivity index (χ4n) is 2.60. The molecule has 0 radical (unpaired) electrons. The van der Waals surface area contributed by atoms with Gasteiger partial charge in [-0.3, -0.25) is 4.90 Å². The summed E-state index contributed by atoms with van der Waals surface area (Å²) in [4.78, 5) is 2.02. The van der Waals surface area contributed by atoms with E-state index in [1.165, 1.54) is 5.56 Å². The van der Waals surface area contributed by atoms with Gasteiger partial charge in [0.05, 0.1) is 0 Å². The minimum absolute atomic E-state index is 0.208. The predicted octanol–water partition coefficient (Wildman–Crippen LogP) is 3.95. The number of likely N-dealkylation sites (N-methyl/N-ethyl adjacent to an activating group) is 1. The van der Waals surface area contributed by atoms with Crippen molar-refractivity contribution >= 4 is 0 Å². The molecule has 0 unspecified atom stereocenters. The van der Waals surface area contributed by atoms with E-state index in [-0.39, 0.29) is 12.8 Å². The first-order valence-corrected chi connectivity index (χ1v) is 7.43. The highest BCUT2D eigenvalue weighted by Crippen LogP contribution is 2.36. The van der Waals surface area contributed by atoms with Crippen LogP contribution in [0.15, 0.2) is 48.5 Å². The van der Waals surface area contributed by atoms with Gasteiger partial charge in [0.1, 0.15) is 6.17 Å². The molecule has 2 aromatic rings. The fraction of sp³-hybridized carbons (Fsp3) is 0.333. The predicted molar refractivity (Wildman–Crippen MR) is 83.8 cm³/mol. The van der Waals surface area contributed by atoms with E-state index in [1.807, 2.05) is 37.1 Å². The van der Waals surface area contributed by atoms with Gasteiger partial charge in [-0.25, -0.2) is 4.39 Å². The Morgan fingerprint density at radius 3 is 2.59 bits per heavy atom. The highest BCUT2D eigenvalue weighted by Gasteiger charge is 2.24. The summed E-state index contributed by atoms with van der Waals surface area (Å²) >= 11 is 0. The molecule has 0 aromatic heterocycles. The van der Waals surface area contributed by atoms with Crippen molar-refractivity contribution in [2.75, 3.05) is 13.8 Å². The third-order valence-corrected chi connectivity index (χ3v) is 4.11. The van der Waals surface area contributed by atoms with Crippen molar-refractivity contribution in [3.05, 3.63) is 59.7 Å². The minimum atomic E-state index is -1.08. The van der Waals surface area contributed by atoms with Crippen LogP contribution < -0.4 is 9.47 Å². The quantitative estimate of drug-likeness (QED) is 0.835. The van der Waals surface area contributed by atoms with Crippen molar-refractivity contribution in [3.63, 3.8) is 0 Å². The Labute approximate surface area is 130 Å². The van der Waals surface area contributed by atoms with Crippen LogP contribution in [0.25, 0.3) is 0 Å². The van der Waals surface area contributed by atoms with Crippen molar-refractivity contribution < 1.29 is 13.9 Å². The molecule has 0 N–H and O–H groups in total. The first-order chi connectivity index (χ1) is 10.6. The molecule has 2 aromatic carbocycles. The summed E-state index contributed by atoms with van der Waals surface area (Å²) in [5.74, 6) is 1.30. The summed E-state index contributed by atoms with van der Waals surface area (Å²) in [5, 5.41) is 0.